The average molecular weight is 234 g/mol. The molecule has 0 amide bonds. The number of hydrogen-bond donors (Lipinski definition) is 2. The molecule has 6 heteroatoms. The monoisotopic (exact) mass is 234 g/mol. The molecule has 0 radical (unpaired) electrons. The van der Waals surface area contributed by atoms with Gasteiger partial charge in [-0.3, -0.25) is 9.69 Å². The van der Waals surface area contributed by atoms with Gasteiger partial charge in [-0.05, 0) is 6.42 Å². The molecule has 1 atom stereocenters. The number of nitrogens with two attached hydrogens (primary N) is 1. The minimum absolute atomic E-state index is 0.336. The molecule has 0 spiro atoms. The fourth-order valence-corrected chi connectivity index (χ4v) is 1.30. The van der Waals surface area contributed by atoms with Gasteiger partial charge in [-0.15, -0.1) is 0 Å². The lowest BCUT2D eigenvalue weighted by atomic mass is 10.2. The summed E-state index contributed by atoms with van der Waals surface area (Å²) in [7, 11) is 3.26. The van der Waals surface area contributed by atoms with Gasteiger partial charge >= 0.3 is 5.97 Å². The van der Waals surface area contributed by atoms with Crippen LogP contribution in [0.4, 0.5) is 0 Å². The highest BCUT2D eigenvalue weighted by atomic mass is 16.5. The quantitative estimate of drug-likeness (QED) is 0.490. The second-order valence-corrected chi connectivity index (χ2v) is 3.58. The predicted molar refractivity (Wildman–Crippen MR) is 60.4 cm³/mol. The summed E-state index contributed by atoms with van der Waals surface area (Å²) in [5.41, 5.74) is 5.48. The summed E-state index contributed by atoms with van der Waals surface area (Å²) >= 11 is 0. The minimum atomic E-state index is -0.978. The van der Waals surface area contributed by atoms with E-state index < -0.39 is 12.0 Å². The number of ether oxygens (including phenoxy) is 2. The van der Waals surface area contributed by atoms with Crippen molar-refractivity contribution in [1.82, 2.24) is 4.90 Å². The van der Waals surface area contributed by atoms with E-state index in [-0.39, 0.29) is 0 Å². The highest BCUT2D eigenvalue weighted by molar-refractivity contribution is 5.73. The third-order valence-corrected chi connectivity index (χ3v) is 2.21. The SMILES string of the molecule is COCCCN(CCOC)CC(N)C(=O)O. The summed E-state index contributed by atoms with van der Waals surface area (Å²) in [6.45, 7) is 3.01. The largest absolute Gasteiger partial charge is 0.480 e. The first-order valence-corrected chi connectivity index (χ1v) is 5.30. The summed E-state index contributed by atoms with van der Waals surface area (Å²) in [4.78, 5) is 12.6. The Balaban J connectivity index is 3.93. The van der Waals surface area contributed by atoms with Crippen LogP contribution in [0.15, 0.2) is 0 Å². The fraction of sp³-hybridized carbons (Fsp3) is 0.900. The van der Waals surface area contributed by atoms with Crippen LogP contribution in [0.1, 0.15) is 6.42 Å². The Labute approximate surface area is 96.3 Å². The van der Waals surface area contributed by atoms with Crippen molar-refractivity contribution in [3.8, 4) is 0 Å². The first kappa shape index (κ1) is 15.3. The first-order chi connectivity index (χ1) is 7.61. The Hall–Kier alpha value is -0.690. The number of hydrogen-bond acceptors (Lipinski definition) is 5. The second kappa shape index (κ2) is 9.53. The molecule has 6 nitrogen and oxygen atoms in total. The third kappa shape index (κ3) is 7.58. The van der Waals surface area contributed by atoms with Crippen LogP contribution in [0.5, 0.6) is 0 Å². The Kier molecular flexibility index (Phi) is 9.12. The van der Waals surface area contributed by atoms with E-state index in [2.05, 4.69) is 0 Å². The number of carbonyl (C=O) groups is 1. The summed E-state index contributed by atoms with van der Waals surface area (Å²) in [6.07, 6.45) is 0.854. The molecule has 1 unspecified atom stereocenters. The summed E-state index contributed by atoms with van der Waals surface area (Å²) < 4.78 is 9.90. The number of aliphatic carboxylic acids is 1. The van der Waals surface area contributed by atoms with Gasteiger partial charge < -0.3 is 20.3 Å². The standard InChI is InChI=1S/C10H22N2O4/c1-15-6-3-4-12(5-7-16-2)8-9(11)10(13)14/h9H,3-8,11H2,1-2H3,(H,13,14). The lowest BCUT2D eigenvalue weighted by Gasteiger charge is -2.23. The van der Waals surface area contributed by atoms with Crippen LogP contribution in [0.2, 0.25) is 0 Å². The summed E-state index contributed by atoms with van der Waals surface area (Å²) in [6, 6.07) is -0.848. The Morgan fingerprint density at radius 3 is 2.44 bits per heavy atom. The van der Waals surface area contributed by atoms with Crippen LogP contribution in [0.3, 0.4) is 0 Å². The molecule has 0 rings (SSSR count). The van der Waals surface area contributed by atoms with Gasteiger partial charge in [0.05, 0.1) is 6.61 Å². The van der Waals surface area contributed by atoms with Crippen molar-refractivity contribution >= 4 is 5.97 Å². The summed E-state index contributed by atoms with van der Waals surface area (Å²) in [5.74, 6) is -0.978. The molecule has 3 N–H and O–H groups in total. The maximum atomic E-state index is 10.6. The molecule has 0 aromatic rings. The van der Waals surface area contributed by atoms with Gasteiger partial charge in [0, 0.05) is 40.5 Å². The smallest absolute Gasteiger partial charge is 0.321 e. The predicted octanol–water partition coefficient (Wildman–Crippen LogP) is -0.617. The zero-order valence-electron chi connectivity index (χ0n) is 10.0. The van der Waals surface area contributed by atoms with Gasteiger partial charge in [0.1, 0.15) is 6.04 Å². The van der Waals surface area contributed by atoms with Crippen LogP contribution in [-0.4, -0.2) is 69.1 Å². The van der Waals surface area contributed by atoms with Crippen molar-refractivity contribution in [3.05, 3.63) is 0 Å². The highest BCUT2D eigenvalue weighted by Crippen LogP contribution is 1.95. The number of rotatable bonds is 10. The first-order valence-electron chi connectivity index (χ1n) is 5.30. The third-order valence-electron chi connectivity index (χ3n) is 2.21. The lowest BCUT2D eigenvalue weighted by molar-refractivity contribution is -0.139. The zero-order valence-corrected chi connectivity index (χ0v) is 10.0. The van der Waals surface area contributed by atoms with E-state index in [1.54, 1.807) is 14.2 Å². The second-order valence-electron chi connectivity index (χ2n) is 3.58. The molecular weight excluding hydrogens is 212 g/mol. The van der Waals surface area contributed by atoms with E-state index in [0.29, 0.717) is 26.3 Å². The van der Waals surface area contributed by atoms with Crippen molar-refractivity contribution in [3.63, 3.8) is 0 Å². The molecular formula is C10H22N2O4. The van der Waals surface area contributed by atoms with Crippen molar-refractivity contribution in [1.29, 1.82) is 0 Å². The maximum Gasteiger partial charge on any atom is 0.321 e. The van der Waals surface area contributed by atoms with Gasteiger partial charge in [-0.2, -0.15) is 0 Å². The average Bonchev–Trinajstić information content (AvgIpc) is 2.25. The van der Waals surface area contributed by atoms with Gasteiger partial charge in [0.2, 0.25) is 0 Å². The molecule has 0 saturated heterocycles. The highest BCUT2D eigenvalue weighted by Gasteiger charge is 2.15. The number of carboxylic acid groups (broad SMARTS) is 1. The van der Waals surface area contributed by atoms with E-state index in [1.165, 1.54) is 0 Å². The topological polar surface area (TPSA) is 85.0 Å². The lowest BCUT2D eigenvalue weighted by Crippen LogP contribution is -2.44. The van der Waals surface area contributed by atoms with Crippen molar-refractivity contribution in [2.75, 3.05) is 47.1 Å². The van der Waals surface area contributed by atoms with E-state index in [4.69, 9.17) is 20.3 Å². The van der Waals surface area contributed by atoms with E-state index in [9.17, 15) is 4.79 Å². The van der Waals surface area contributed by atoms with Crippen LogP contribution < -0.4 is 5.73 Å². The molecule has 96 valence electrons. The van der Waals surface area contributed by atoms with Crippen LogP contribution in [-0.2, 0) is 14.3 Å². The number of nitrogens with zero attached hydrogens (tertiary/aromatic N) is 1. The molecule has 0 aliphatic carbocycles. The summed E-state index contributed by atoms with van der Waals surface area (Å²) in [5, 5.41) is 8.72. The maximum absolute atomic E-state index is 10.6. The minimum Gasteiger partial charge on any atom is -0.480 e. The van der Waals surface area contributed by atoms with Crippen LogP contribution >= 0.6 is 0 Å². The molecule has 16 heavy (non-hydrogen) atoms. The van der Waals surface area contributed by atoms with E-state index >= 15 is 0 Å². The molecule has 0 heterocycles. The van der Waals surface area contributed by atoms with E-state index in [1.807, 2.05) is 4.90 Å². The molecule has 0 aromatic heterocycles. The van der Waals surface area contributed by atoms with Gasteiger partial charge in [-0.25, -0.2) is 0 Å². The van der Waals surface area contributed by atoms with Crippen molar-refractivity contribution in [2.24, 2.45) is 5.73 Å². The molecule has 0 saturated carbocycles. The van der Waals surface area contributed by atoms with Gasteiger partial charge in [0.25, 0.3) is 0 Å². The number of methoxy groups -OCH3 is 2. The van der Waals surface area contributed by atoms with Crippen molar-refractivity contribution < 1.29 is 19.4 Å². The molecule has 0 aliphatic heterocycles. The molecule has 0 aromatic carbocycles. The normalized spacial score (nSPS) is 13.0. The van der Waals surface area contributed by atoms with Gasteiger partial charge in [0.15, 0.2) is 0 Å². The van der Waals surface area contributed by atoms with Gasteiger partial charge in [-0.1, -0.05) is 0 Å². The van der Waals surface area contributed by atoms with Crippen molar-refractivity contribution in [2.45, 2.75) is 12.5 Å². The zero-order chi connectivity index (χ0) is 12.4. The van der Waals surface area contributed by atoms with Crippen LogP contribution in [0, 0.1) is 0 Å². The Morgan fingerprint density at radius 1 is 1.31 bits per heavy atom. The number of carboxylic acids is 1. The van der Waals surface area contributed by atoms with E-state index in [0.717, 1.165) is 13.0 Å². The Morgan fingerprint density at radius 2 is 1.94 bits per heavy atom. The molecule has 0 bridgehead atoms. The van der Waals surface area contributed by atoms with Crippen LogP contribution in [0.25, 0.3) is 0 Å². The fourth-order valence-electron chi connectivity index (χ4n) is 1.30. The molecule has 0 aliphatic rings. The Bertz CT molecular complexity index is 190. The molecule has 0 fully saturated rings.